The lowest BCUT2D eigenvalue weighted by atomic mass is 9.97. The molecule has 0 spiro atoms. The highest BCUT2D eigenvalue weighted by Crippen LogP contribution is 2.25. The van der Waals surface area contributed by atoms with Crippen molar-refractivity contribution in [1.29, 1.82) is 0 Å². The van der Waals surface area contributed by atoms with E-state index in [1.54, 1.807) is 0 Å². The Kier molecular flexibility index (Phi) is 6.57. The average Bonchev–Trinajstić information content (AvgIpc) is 2.85. The Morgan fingerprint density at radius 3 is 1.91 bits per heavy atom. The molecular formula is C31H27N. The van der Waals surface area contributed by atoms with Crippen molar-refractivity contribution in [3.05, 3.63) is 144 Å². The van der Waals surface area contributed by atoms with Gasteiger partial charge >= 0.3 is 0 Å². The normalized spacial score (nSPS) is 11.9. The second kappa shape index (κ2) is 9.89. The van der Waals surface area contributed by atoms with Crippen molar-refractivity contribution < 1.29 is 0 Å². The van der Waals surface area contributed by atoms with Gasteiger partial charge in [0, 0.05) is 5.56 Å². The number of aryl methyl sites for hydroxylation is 1. The molecule has 0 aromatic heterocycles. The molecule has 0 amide bonds. The third-order valence-corrected chi connectivity index (χ3v) is 5.49. The van der Waals surface area contributed by atoms with Gasteiger partial charge in [0.2, 0.25) is 0 Å². The Labute approximate surface area is 191 Å². The van der Waals surface area contributed by atoms with Gasteiger partial charge in [-0.15, -0.1) is 0 Å². The molecule has 0 fully saturated rings. The third-order valence-electron chi connectivity index (χ3n) is 5.49. The fourth-order valence-corrected chi connectivity index (χ4v) is 3.61. The second-order valence-corrected chi connectivity index (χ2v) is 7.95. The fourth-order valence-electron chi connectivity index (χ4n) is 3.61. The minimum Gasteiger partial charge on any atom is -0.248 e. The predicted molar refractivity (Wildman–Crippen MR) is 139 cm³/mol. The predicted octanol–water partition coefficient (Wildman–Crippen LogP) is 8.23. The maximum Gasteiger partial charge on any atom is 0.0712 e. The van der Waals surface area contributed by atoms with E-state index in [1.165, 1.54) is 22.3 Å². The van der Waals surface area contributed by atoms with Gasteiger partial charge < -0.3 is 0 Å². The summed E-state index contributed by atoms with van der Waals surface area (Å²) < 4.78 is 0. The molecule has 1 heteroatoms. The summed E-state index contributed by atoms with van der Waals surface area (Å²) in [7, 11) is 0. The largest absolute Gasteiger partial charge is 0.248 e. The van der Waals surface area contributed by atoms with Crippen LogP contribution < -0.4 is 0 Å². The first-order valence-electron chi connectivity index (χ1n) is 10.8. The maximum absolute atomic E-state index is 4.92. The molecule has 4 aromatic carbocycles. The highest BCUT2D eigenvalue weighted by molar-refractivity contribution is 6.14. The van der Waals surface area contributed by atoms with Crippen molar-refractivity contribution >= 4 is 17.0 Å². The molecule has 0 saturated heterocycles. The summed E-state index contributed by atoms with van der Waals surface area (Å²) in [5.41, 5.74) is 9.77. The van der Waals surface area contributed by atoms with E-state index in [9.17, 15) is 0 Å². The second-order valence-electron chi connectivity index (χ2n) is 7.95. The van der Waals surface area contributed by atoms with Crippen LogP contribution in [0.1, 0.15) is 29.2 Å². The van der Waals surface area contributed by atoms with E-state index >= 15 is 0 Å². The molecule has 0 aliphatic rings. The van der Waals surface area contributed by atoms with Crippen molar-refractivity contribution in [3.8, 4) is 11.1 Å². The van der Waals surface area contributed by atoms with Crippen LogP contribution in [-0.4, -0.2) is 5.71 Å². The Hall–Kier alpha value is -3.97. The number of hydrogen-bond acceptors (Lipinski definition) is 1. The molecule has 0 aliphatic carbocycles. The van der Waals surface area contributed by atoms with Gasteiger partial charge in [-0.05, 0) is 53.8 Å². The van der Waals surface area contributed by atoms with Crippen LogP contribution in [0, 0.1) is 6.92 Å². The van der Waals surface area contributed by atoms with Gasteiger partial charge in [0.25, 0.3) is 0 Å². The Balaban J connectivity index is 1.72. The number of aliphatic imine (C=N–C) groups is 1. The Bertz CT molecular complexity index is 1260. The summed E-state index contributed by atoms with van der Waals surface area (Å²) in [6.45, 7) is 8.46. The van der Waals surface area contributed by atoms with Crippen LogP contribution in [0.15, 0.2) is 127 Å². The summed E-state index contributed by atoms with van der Waals surface area (Å²) in [6, 6.07) is 37.7. The first-order chi connectivity index (χ1) is 15.6. The molecule has 0 heterocycles. The van der Waals surface area contributed by atoms with E-state index in [2.05, 4.69) is 87.2 Å². The summed E-state index contributed by atoms with van der Waals surface area (Å²) in [5, 5.41) is 0. The number of nitrogens with zero attached hydrogens (tertiary/aromatic N) is 1. The van der Waals surface area contributed by atoms with Crippen molar-refractivity contribution in [2.75, 3.05) is 0 Å². The minimum atomic E-state index is 0.752. The molecule has 0 saturated carbocycles. The van der Waals surface area contributed by atoms with Crippen molar-refractivity contribution in [3.63, 3.8) is 0 Å². The van der Waals surface area contributed by atoms with Crippen LogP contribution in [0.4, 0.5) is 0 Å². The zero-order chi connectivity index (χ0) is 22.3. The first-order valence-corrected chi connectivity index (χ1v) is 10.8. The molecule has 0 atom stereocenters. The SMILES string of the molecule is C=C(N=C(/C=C(\C)c1cccc(-c2ccc(C)cc2)c1)c1ccccc1)c1ccccc1. The van der Waals surface area contributed by atoms with E-state index < -0.39 is 0 Å². The molecule has 4 rings (SSSR count). The highest BCUT2D eigenvalue weighted by Gasteiger charge is 2.06. The molecule has 0 unspecified atom stereocenters. The number of allylic oxidation sites excluding steroid dienone is 2. The van der Waals surface area contributed by atoms with E-state index in [0.29, 0.717) is 0 Å². The van der Waals surface area contributed by atoms with Gasteiger partial charge in [-0.1, -0.05) is 115 Å². The molecule has 1 nitrogen and oxygen atoms in total. The lowest BCUT2D eigenvalue weighted by Gasteiger charge is -2.09. The quantitative estimate of drug-likeness (QED) is 0.282. The lowest BCUT2D eigenvalue weighted by molar-refractivity contribution is 1.46. The smallest absolute Gasteiger partial charge is 0.0712 e. The van der Waals surface area contributed by atoms with E-state index in [-0.39, 0.29) is 0 Å². The van der Waals surface area contributed by atoms with Crippen LogP contribution >= 0.6 is 0 Å². The molecule has 0 aliphatic heterocycles. The molecular weight excluding hydrogens is 386 g/mol. The summed E-state index contributed by atoms with van der Waals surface area (Å²) >= 11 is 0. The van der Waals surface area contributed by atoms with Gasteiger partial charge in [0.15, 0.2) is 0 Å². The number of rotatable bonds is 6. The Morgan fingerprint density at radius 2 is 1.25 bits per heavy atom. The monoisotopic (exact) mass is 413 g/mol. The summed E-state index contributed by atoms with van der Waals surface area (Å²) in [6.07, 6.45) is 2.15. The van der Waals surface area contributed by atoms with Gasteiger partial charge in [0.05, 0.1) is 11.4 Å². The van der Waals surface area contributed by atoms with Crippen LogP contribution in [0.3, 0.4) is 0 Å². The zero-order valence-corrected chi connectivity index (χ0v) is 18.6. The number of benzene rings is 4. The van der Waals surface area contributed by atoms with Crippen LogP contribution in [0.25, 0.3) is 22.4 Å². The van der Waals surface area contributed by atoms with Crippen LogP contribution in [0.2, 0.25) is 0 Å². The Morgan fingerprint density at radius 1 is 0.656 bits per heavy atom. The molecule has 32 heavy (non-hydrogen) atoms. The topological polar surface area (TPSA) is 12.4 Å². The van der Waals surface area contributed by atoms with Gasteiger partial charge in [0.1, 0.15) is 0 Å². The zero-order valence-electron chi connectivity index (χ0n) is 18.6. The summed E-state index contributed by atoms with van der Waals surface area (Å²) in [5.74, 6) is 0. The molecule has 156 valence electrons. The lowest BCUT2D eigenvalue weighted by Crippen LogP contribution is -1.99. The number of hydrogen-bond donors (Lipinski definition) is 0. The van der Waals surface area contributed by atoms with Crippen molar-refractivity contribution in [2.24, 2.45) is 4.99 Å². The molecule has 4 aromatic rings. The van der Waals surface area contributed by atoms with E-state index in [0.717, 1.165) is 28.1 Å². The van der Waals surface area contributed by atoms with Crippen molar-refractivity contribution in [1.82, 2.24) is 0 Å². The first kappa shape index (κ1) is 21.3. The average molecular weight is 414 g/mol. The standard InChI is InChI=1S/C31H27N/c1-23-17-19-27(20-18-23)30-16-10-15-29(22-30)24(2)21-31(28-13-8-5-9-14-28)32-25(3)26-11-6-4-7-12-26/h4-22H,3H2,1-2H3/b24-21+,32-31?. The fraction of sp³-hybridized carbons (Fsp3) is 0.0645. The van der Waals surface area contributed by atoms with Gasteiger partial charge in [-0.3, -0.25) is 0 Å². The van der Waals surface area contributed by atoms with Gasteiger partial charge in [-0.25, -0.2) is 4.99 Å². The molecule has 0 bridgehead atoms. The van der Waals surface area contributed by atoms with Crippen LogP contribution in [-0.2, 0) is 0 Å². The maximum atomic E-state index is 4.92. The molecule has 0 radical (unpaired) electrons. The summed E-state index contributed by atoms with van der Waals surface area (Å²) in [4.78, 5) is 4.92. The minimum absolute atomic E-state index is 0.752. The van der Waals surface area contributed by atoms with Crippen LogP contribution in [0.5, 0.6) is 0 Å². The van der Waals surface area contributed by atoms with Crippen molar-refractivity contribution in [2.45, 2.75) is 13.8 Å². The highest BCUT2D eigenvalue weighted by atomic mass is 14.8. The van der Waals surface area contributed by atoms with Gasteiger partial charge in [-0.2, -0.15) is 0 Å². The third kappa shape index (κ3) is 5.19. The van der Waals surface area contributed by atoms with E-state index in [1.807, 2.05) is 48.5 Å². The van der Waals surface area contributed by atoms with E-state index in [4.69, 9.17) is 4.99 Å². The molecule has 0 N–H and O–H groups in total.